The van der Waals surface area contributed by atoms with E-state index in [4.69, 9.17) is 21.8 Å². The Morgan fingerprint density at radius 3 is 2.73 bits per heavy atom. The molecule has 0 fully saturated rings. The van der Waals surface area contributed by atoms with Gasteiger partial charge in [0.15, 0.2) is 0 Å². The molecule has 5 heteroatoms. The first kappa shape index (κ1) is 10.5. The Balaban J connectivity index is 2.52. The van der Waals surface area contributed by atoms with Crippen LogP contribution in [0, 0.1) is 0 Å². The highest BCUT2D eigenvalue weighted by Gasteiger charge is 2.17. The third-order valence-electron chi connectivity index (χ3n) is 2.00. The summed E-state index contributed by atoms with van der Waals surface area (Å²) in [5.41, 5.74) is 6.36. The molecule has 0 spiro atoms. The summed E-state index contributed by atoms with van der Waals surface area (Å²) >= 11 is 7.35. The summed E-state index contributed by atoms with van der Waals surface area (Å²) < 4.78 is 6.11. The topological polar surface area (TPSA) is 52.0 Å². The highest BCUT2D eigenvalue weighted by molar-refractivity contribution is 7.19. The fourth-order valence-electron chi connectivity index (χ4n) is 1.36. The van der Waals surface area contributed by atoms with Crippen LogP contribution in [0.15, 0.2) is 16.5 Å². The van der Waals surface area contributed by atoms with E-state index in [1.165, 1.54) is 11.3 Å². The lowest BCUT2D eigenvalue weighted by molar-refractivity contribution is 0.501. The highest BCUT2D eigenvalue weighted by atomic mass is 35.5. The van der Waals surface area contributed by atoms with Crippen LogP contribution < -0.4 is 5.73 Å². The van der Waals surface area contributed by atoms with Crippen LogP contribution in [0.4, 0.5) is 6.01 Å². The third kappa shape index (κ3) is 2.01. The zero-order chi connectivity index (χ0) is 11.0. The summed E-state index contributed by atoms with van der Waals surface area (Å²) in [4.78, 5) is 5.17. The van der Waals surface area contributed by atoms with Crippen LogP contribution in [0.5, 0.6) is 0 Å². The second-order valence-corrected chi connectivity index (χ2v) is 5.24. The average Bonchev–Trinajstić information content (AvgIpc) is 2.71. The lowest BCUT2D eigenvalue weighted by atomic mass is 10.1. The Morgan fingerprint density at radius 1 is 1.47 bits per heavy atom. The van der Waals surface area contributed by atoms with Gasteiger partial charge in [-0.25, -0.2) is 0 Å². The largest absolute Gasteiger partial charge is 0.428 e. The van der Waals surface area contributed by atoms with Crippen LogP contribution in [0.25, 0.3) is 10.6 Å². The first-order valence-electron chi connectivity index (χ1n) is 4.60. The minimum atomic E-state index is 0.207. The molecular weight excluding hydrogens is 232 g/mol. The molecule has 0 aromatic carbocycles. The van der Waals surface area contributed by atoms with Gasteiger partial charge in [0.05, 0.1) is 9.21 Å². The maximum atomic E-state index is 5.88. The molecule has 0 aliphatic carbocycles. The Labute approximate surface area is 96.9 Å². The van der Waals surface area contributed by atoms with Crippen LogP contribution in [-0.2, 0) is 0 Å². The van der Waals surface area contributed by atoms with E-state index in [1.54, 1.807) is 0 Å². The van der Waals surface area contributed by atoms with Crippen LogP contribution in [-0.4, -0.2) is 4.98 Å². The Kier molecular flexibility index (Phi) is 2.71. The van der Waals surface area contributed by atoms with Crippen molar-refractivity contribution in [3.8, 4) is 10.6 Å². The molecule has 0 unspecified atom stereocenters. The predicted octanol–water partition coefficient (Wildman–Crippen LogP) is 3.76. The maximum absolute atomic E-state index is 5.88. The van der Waals surface area contributed by atoms with Crippen molar-refractivity contribution >= 4 is 29.0 Å². The molecule has 0 aliphatic heterocycles. The van der Waals surface area contributed by atoms with E-state index in [9.17, 15) is 0 Å². The molecule has 0 aliphatic rings. The summed E-state index contributed by atoms with van der Waals surface area (Å²) in [6.45, 7) is 4.08. The number of rotatable bonds is 2. The maximum Gasteiger partial charge on any atom is 0.292 e. The first-order valence-corrected chi connectivity index (χ1v) is 5.79. The molecule has 2 rings (SSSR count). The number of hydrogen-bond donors (Lipinski definition) is 1. The van der Waals surface area contributed by atoms with Crippen molar-refractivity contribution in [1.29, 1.82) is 0 Å². The van der Waals surface area contributed by atoms with Crippen LogP contribution in [0.3, 0.4) is 0 Å². The SMILES string of the molecule is CC(C)c1oc(N)nc1-c1ccc(Cl)s1. The molecule has 2 heterocycles. The monoisotopic (exact) mass is 242 g/mol. The van der Waals surface area contributed by atoms with Crippen LogP contribution in [0.1, 0.15) is 25.5 Å². The van der Waals surface area contributed by atoms with Crippen molar-refractivity contribution in [2.45, 2.75) is 19.8 Å². The summed E-state index contributed by atoms with van der Waals surface area (Å²) in [6, 6.07) is 3.98. The highest BCUT2D eigenvalue weighted by Crippen LogP contribution is 2.36. The standard InChI is InChI=1S/C10H11ClN2OS/c1-5(2)9-8(13-10(12)14-9)6-3-4-7(11)15-6/h3-5H,1-2H3,(H2,12,13). The van der Waals surface area contributed by atoms with Gasteiger partial charge in [-0.05, 0) is 12.1 Å². The Bertz CT molecular complexity index is 475. The van der Waals surface area contributed by atoms with Gasteiger partial charge in [0.2, 0.25) is 0 Å². The number of hydrogen-bond acceptors (Lipinski definition) is 4. The van der Waals surface area contributed by atoms with Gasteiger partial charge in [0.25, 0.3) is 6.01 Å². The Hall–Kier alpha value is -1.000. The minimum Gasteiger partial charge on any atom is -0.428 e. The van der Waals surface area contributed by atoms with Gasteiger partial charge in [-0.15, -0.1) is 11.3 Å². The second kappa shape index (κ2) is 3.87. The molecule has 3 nitrogen and oxygen atoms in total. The van der Waals surface area contributed by atoms with Gasteiger partial charge in [-0.2, -0.15) is 4.98 Å². The normalized spacial score (nSPS) is 11.2. The van der Waals surface area contributed by atoms with Gasteiger partial charge in [-0.1, -0.05) is 25.4 Å². The van der Waals surface area contributed by atoms with Gasteiger partial charge in [-0.3, -0.25) is 0 Å². The molecule has 0 saturated heterocycles. The van der Waals surface area contributed by atoms with E-state index in [0.717, 1.165) is 20.7 Å². The fraction of sp³-hybridized carbons (Fsp3) is 0.300. The van der Waals surface area contributed by atoms with Crippen LogP contribution in [0.2, 0.25) is 4.34 Å². The second-order valence-electron chi connectivity index (χ2n) is 3.52. The summed E-state index contributed by atoms with van der Waals surface area (Å²) in [5, 5.41) is 0. The number of anilines is 1. The summed E-state index contributed by atoms with van der Waals surface area (Å²) in [6.07, 6.45) is 0. The lowest BCUT2D eigenvalue weighted by Crippen LogP contribution is -1.86. The number of thiophene rings is 1. The molecule has 0 saturated carbocycles. The number of aromatic nitrogens is 1. The van der Waals surface area contributed by atoms with Crippen molar-refractivity contribution in [2.24, 2.45) is 0 Å². The number of halogens is 1. The molecule has 0 amide bonds. The fourth-order valence-corrected chi connectivity index (χ4v) is 2.40. The number of oxazole rings is 1. The molecule has 0 radical (unpaired) electrons. The molecular formula is C10H11ClN2OS. The van der Waals surface area contributed by atoms with Gasteiger partial charge in [0.1, 0.15) is 11.5 Å². The zero-order valence-corrected chi connectivity index (χ0v) is 10.0. The van der Waals surface area contributed by atoms with Crippen molar-refractivity contribution in [3.05, 3.63) is 22.2 Å². The molecule has 0 atom stereocenters. The van der Waals surface area contributed by atoms with Crippen molar-refractivity contribution in [2.75, 3.05) is 5.73 Å². The third-order valence-corrected chi connectivity index (χ3v) is 3.24. The molecule has 2 aromatic heterocycles. The number of nitrogen functional groups attached to an aromatic ring is 1. The number of nitrogens with zero attached hydrogens (tertiary/aromatic N) is 1. The van der Waals surface area contributed by atoms with E-state index < -0.39 is 0 Å². The lowest BCUT2D eigenvalue weighted by Gasteiger charge is -2.00. The van der Waals surface area contributed by atoms with Crippen molar-refractivity contribution in [3.63, 3.8) is 0 Å². The van der Waals surface area contributed by atoms with E-state index in [0.29, 0.717) is 0 Å². The number of nitrogens with two attached hydrogens (primary N) is 1. The minimum absolute atomic E-state index is 0.207. The molecule has 0 bridgehead atoms. The van der Waals surface area contributed by atoms with Crippen molar-refractivity contribution in [1.82, 2.24) is 4.98 Å². The van der Waals surface area contributed by atoms with Crippen molar-refractivity contribution < 1.29 is 4.42 Å². The average molecular weight is 243 g/mol. The van der Waals surface area contributed by atoms with E-state index in [2.05, 4.69) is 4.98 Å². The molecule has 2 N–H and O–H groups in total. The quantitative estimate of drug-likeness (QED) is 0.872. The zero-order valence-electron chi connectivity index (χ0n) is 8.45. The molecule has 15 heavy (non-hydrogen) atoms. The van der Waals surface area contributed by atoms with E-state index in [1.807, 2.05) is 26.0 Å². The van der Waals surface area contributed by atoms with Gasteiger partial charge >= 0.3 is 0 Å². The van der Waals surface area contributed by atoms with Gasteiger partial charge in [0, 0.05) is 5.92 Å². The molecule has 80 valence electrons. The molecule has 2 aromatic rings. The predicted molar refractivity (Wildman–Crippen MR) is 63.3 cm³/mol. The smallest absolute Gasteiger partial charge is 0.292 e. The van der Waals surface area contributed by atoms with E-state index >= 15 is 0 Å². The Morgan fingerprint density at radius 2 is 2.20 bits per heavy atom. The van der Waals surface area contributed by atoms with Gasteiger partial charge < -0.3 is 10.2 Å². The summed E-state index contributed by atoms with van der Waals surface area (Å²) in [7, 11) is 0. The van der Waals surface area contributed by atoms with Crippen LogP contribution >= 0.6 is 22.9 Å². The summed E-state index contributed by atoms with van der Waals surface area (Å²) in [5.74, 6) is 1.07. The van der Waals surface area contributed by atoms with E-state index in [-0.39, 0.29) is 11.9 Å². The first-order chi connectivity index (χ1) is 7.08.